The zero-order chi connectivity index (χ0) is 10.9. The smallest absolute Gasteiger partial charge is 0.304 e. The largest absolute Gasteiger partial charge is 0.481 e. The Morgan fingerprint density at radius 3 is 2.62 bits per heavy atom. The topological polar surface area (TPSA) is 49.3 Å². The van der Waals surface area contributed by atoms with Gasteiger partial charge in [0.2, 0.25) is 0 Å². The highest BCUT2D eigenvalue weighted by molar-refractivity contribution is 5.85. The molecule has 5 heteroatoms. The van der Waals surface area contributed by atoms with Gasteiger partial charge in [-0.25, -0.2) is 4.39 Å². The van der Waals surface area contributed by atoms with Crippen molar-refractivity contribution in [2.45, 2.75) is 11.8 Å². The third-order valence-corrected chi connectivity index (χ3v) is 2.85. The standard InChI is InChI=1S/C11H12FNO2.ClH/c12-9-3-1-2-8(4-9)11(5-10(14)15)6-13-7-11;/h1-4,13H,5-7H2,(H,14,15);1H. The van der Waals surface area contributed by atoms with Crippen LogP contribution in [0.5, 0.6) is 0 Å². The summed E-state index contributed by atoms with van der Waals surface area (Å²) in [6, 6.07) is 6.19. The number of hydrogen-bond acceptors (Lipinski definition) is 2. The van der Waals surface area contributed by atoms with Crippen LogP contribution in [0.15, 0.2) is 24.3 Å². The van der Waals surface area contributed by atoms with Gasteiger partial charge < -0.3 is 10.4 Å². The van der Waals surface area contributed by atoms with Crippen LogP contribution in [-0.4, -0.2) is 24.2 Å². The first-order valence-corrected chi connectivity index (χ1v) is 4.81. The van der Waals surface area contributed by atoms with Gasteiger partial charge in [0, 0.05) is 18.5 Å². The molecule has 0 radical (unpaired) electrons. The van der Waals surface area contributed by atoms with E-state index < -0.39 is 11.4 Å². The summed E-state index contributed by atoms with van der Waals surface area (Å²) in [5, 5.41) is 11.9. The predicted molar refractivity (Wildman–Crippen MR) is 60.4 cm³/mol. The second-order valence-electron chi connectivity index (χ2n) is 3.96. The van der Waals surface area contributed by atoms with Crippen molar-refractivity contribution in [2.75, 3.05) is 13.1 Å². The first-order valence-electron chi connectivity index (χ1n) is 4.81. The van der Waals surface area contributed by atoms with Crippen LogP contribution in [0.25, 0.3) is 0 Å². The molecule has 16 heavy (non-hydrogen) atoms. The van der Waals surface area contributed by atoms with Gasteiger partial charge in [-0.2, -0.15) is 0 Å². The summed E-state index contributed by atoms with van der Waals surface area (Å²) >= 11 is 0. The average Bonchev–Trinajstić information content (AvgIpc) is 2.11. The highest BCUT2D eigenvalue weighted by Gasteiger charge is 2.40. The molecule has 2 N–H and O–H groups in total. The van der Waals surface area contributed by atoms with Crippen LogP contribution in [0.1, 0.15) is 12.0 Å². The first-order chi connectivity index (χ1) is 7.12. The highest BCUT2D eigenvalue weighted by Crippen LogP contribution is 2.32. The van der Waals surface area contributed by atoms with Crippen molar-refractivity contribution in [2.24, 2.45) is 0 Å². The van der Waals surface area contributed by atoms with Gasteiger partial charge in [-0.15, -0.1) is 12.4 Å². The maximum Gasteiger partial charge on any atom is 0.304 e. The number of benzene rings is 1. The van der Waals surface area contributed by atoms with E-state index in [1.807, 2.05) is 0 Å². The van der Waals surface area contributed by atoms with Crippen LogP contribution in [0, 0.1) is 5.82 Å². The summed E-state index contributed by atoms with van der Waals surface area (Å²) in [5.74, 6) is -1.16. The summed E-state index contributed by atoms with van der Waals surface area (Å²) in [6.07, 6.45) is 0.0451. The molecule has 1 fully saturated rings. The minimum absolute atomic E-state index is 0. The molecular formula is C11H13ClFNO2. The van der Waals surface area contributed by atoms with Crippen LogP contribution >= 0.6 is 12.4 Å². The maximum absolute atomic E-state index is 13.0. The fourth-order valence-corrected chi connectivity index (χ4v) is 1.97. The zero-order valence-corrected chi connectivity index (χ0v) is 9.39. The number of carboxylic acid groups (broad SMARTS) is 1. The first kappa shape index (κ1) is 12.9. The van der Waals surface area contributed by atoms with Gasteiger partial charge in [-0.05, 0) is 17.7 Å². The minimum atomic E-state index is -0.847. The Hall–Kier alpha value is -1.13. The van der Waals surface area contributed by atoms with E-state index in [9.17, 15) is 9.18 Å². The van der Waals surface area contributed by atoms with Crippen molar-refractivity contribution in [1.82, 2.24) is 5.32 Å². The van der Waals surface area contributed by atoms with Crippen LogP contribution in [0.3, 0.4) is 0 Å². The molecule has 0 spiro atoms. The molecule has 1 aromatic rings. The Morgan fingerprint density at radius 2 is 2.19 bits per heavy atom. The second kappa shape index (κ2) is 4.80. The Morgan fingerprint density at radius 1 is 1.50 bits per heavy atom. The lowest BCUT2D eigenvalue weighted by atomic mass is 9.73. The van der Waals surface area contributed by atoms with Crippen LogP contribution in [0.4, 0.5) is 4.39 Å². The summed E-state index contributed by atoms with van der Waals surface area (Å²) in [7, 11) is 0. The molecule has 0 amide bonds. The molecule has 88 valence electrons. The lowest BCUT2D eigenvalue weighted by molar-refractivity contribution is -0.139. The van der Waals surface area contributed by atoms with E-state index >= 15 is 0 Å². The fourth-order valence-electron chi connectivity index (χ4n) is 1.97. The van der Waals surface area contributed by atoms with Gasteiger partial charge in [0.1, 0.15) is 5.82 Å². The van der Waals surface area contributed by atoms with E-state index in [1.165, 1.54) is 12.1 Å². The molecule has 1 saturated heterocycles. The average molecular weight is 246 g/mol. The van der Waals surface area contributed by atoms with E-state index in [0.717, 1.165) is 5.56 Å². The molecule has 2 rings (SSSR count). The van der Waals surface area contributed by atoms with E-state index in [0.29, 0.717) is 13.1 Å². The Kier molecular flexibility index (Phi) is 3.88. The van der Waals surface area contributed by atoms with E-state index in [4.69, 9.17) is 5.11 Å². The quantitative estimate of drug-likeness (QED) is 0.850. The summed E-state index contributed by atoms with van der Waals surface area (Å²) in [5.41, 5.74) is 0.345. The summed E-state index contributed by atoms with van der Waals surface area (Å²) in [4.78, 5) is 10.7. The van der Waals surface area contributed by atoms with Gasteiger partial charge in [-0.1, -0.05) is 12.1 Å². The van der Waals surface area contributed by atoms with E-state index in [2.05, 4.69) is 5.32 Å². The maximum atomic E-state index is 13.0. The predicted octanol–water partition coefficient (Wildman–Crippen LogP) is 1.56. The number of halogens is 2. The molecule has 1 aromatic carbocycles. The number of carbonyl (C=O) groups is 1. The Bertz CT molecular complexity index is 393. The number of hydrogen-bond donors (Lipinski definition) is 2. The summed E-state index contributed by atoms with van der Waals surface area (Å²) < 4.78 is 13.0. The molecule has 0 unspecified atom stereocenters. The third kappa shape index (κ3) is 2.33. The number of carboxylic acids is 1. The Labute approximate surface area is 99.1 Å². The Balaban J connectivity index is 0.00000128. The minimum Gasteiger partial charge on any atom is -0.481 e. The highest BCUT2D eigenvalue weighted by atomic mass is 35.5. The fraction of sp³-hybridized carbons (Fsp3) is 0.364. The molecule has 1 aliphatic rings. The van der Waals surface area contributed by atoms with E-state index in [-0.39, 0.29) is 24.6 Å². The normalized spacial score (nSPS) is 17.1. The molecule has 0 aliphatic carbocycles. The molecule has 1 heterocycles. The molecule has 1 aliphatic heterocycles. The lowest BCUT2D eigenvalue weighted by Gasteiger charge is -2.42. The van der Waals surface area contributed by atoms with Crippen molar-refractivity contribution in [3.63, 3.8) is 0 Å². The van der Waals surface area contributed by atoms with Gasteiger partial charge in [0.05, 0.1) is 6.42 Å². The van der Waals surface area contributed by atoms with Crippen molar-refractivity contribution < 1.29 is 14.3 Å². The van der Waals surface area contributed by atoms with Crippen LogP contribution in [-0.2, 0) is 10.2 Å². The molecule has 3 nitrogen and oxygen atoms in total. The van der Waals surface area contributed by atoms with Crippen LogP contribution in [0.2, 0.25) is 0 Å². The van der Waals surface area contributed by atoms with Crippen molar-refractivity contribution >= 4 is 18.4 Å². The van der Waals surface area contributed by atoms with Crippen molar-refractivity contribution in [1.29, 1.82) is 0 Å². The molecule has 0 aromatic heterocycles. The lowest BCUT2D eigenvalue weighted by Crippen LogP contribution is -2.57. The van der Waals surface area contributed by atoms with Gasteiger partial charge in [0.15, 0.2) is 0 Å². The SMILES string of the molecule is Cl.O=C(O)CC1(c2cccc(F)c2)CNC1. The van der Waals surface area contributed by atoms with Crippen LogP contribution < -0.4 is 5.32 Å². The zero-order valence-electron chi connectivity index (χ0n) is 8.57. The van der Waals surface area contributed by atoms with E-state index in [1.54, 1.807) is 12.1 Å². The molecule has 0 saturated carbocycles. The molecule has 0 atom stereocenters. The van der Waals surface area contributed by atoms with Crippen molar-refractivity contribution in [3.8, 4) is 0 Å². The third-order valence-electron chi connectivity index (χ3n) is 2.85. The number of aliphatic carboxylic acids is 1. The number of nitrogens with one attached hydrogen (secondary N) is 1. The van der Waals surface area contributed by atoms with Gasteiger partial charge >= 0.3 is 5.97 Å². The van der Waals surface area contributed by atoms with Gasteiger partial charge in [-0.3, -0.25) is 4.79 Å². The van der Waals surface area contributed by atoms with Crippen molar-refractivity contribution in [3.05, 3.63) is 35.6 Å². The number of rotatable bonds is 3. The summed E-state index contributed by atoms with van der Waals surface area (Å²) in [6.45, 7) is 1.20. The second-order valence-corrected chi connectivity index (χ2v) is 3.96. The monoisotopic (exact) mass is 245 g/mol. The molecular weight excluding hydrogens is 233 g/mol. The van der Waals surface area contributed by atoms with Gasteiger partial charge in [0.25, 0.3) is 0 Å². The molecule has 0 bridgehead atoms.